The highest BCUT2D eigenvalue weighted by Gasteiger charge is 2.24. The van der Waals surface area contributed by atoms with Crippen LogP contribution in [0.1, 0.15) is 24.3 Å². The number of benzene rings is 1. The molecule has 1 N–H and O–H groups in total. The monoisotopic (exact) mass is 280 g/mol. The van der Waals surface area contributed by atoms with Crippen LogP contribution in [0.2, 0.25) is 0 Å². The maximum atomic E-state index is 3.63. The molecule has 0 atom stereocenters. The van der Waals surface area contributed by atoms with Crippen molar-refractivity contribution in [1.29, 1.82) is 0 Å². The minimum absolute atomic E-state index is 0.833. The highest BCUT2D eigenvalue weighted by atomic mass is 79.9. The van der Waals surface area contributed by atoms with Crippen molar-refractivity contribution in [2.75, 3.05) is 31.1 Å². The molecule has 3 heteroatoms. The fourth-order valence-corrected chi connectivity index (χ4v) is 2.85. The lowest BCUT2D eigenvalue weighted by atomic mass is 10.1. The largest absolute Gasteiger partial charge is 0.369 e. The van der Waals surface area contributed by atoms with E-state index in [2.05, 4.69) is 44.3 Å². The Morgan fingerprint density at radius 3 is 2.56 bits per heavy atom. The van der Waals surface area contributed by atoms with E-state index in [0.717, 1.165) is 32.1 Å². The average molecular weight is 281 g/mol. The second kappa shape index (κ2) is 4.38. The van der Waals surface area contributed by atoms with Crippen molar-refractivity contribution in [1.82, 2.24) is 5.32 Å². The molecule has 0 aromatic heterocycles. The van der Waals surface area contributed by atoms with Gasteiger partial charge in [-0.25, -0.2) is 0 Å². The summed E-state index contributed by atoms with van der Waals surface area (Å²) in [6, 6.07) is 6.91. The molecule has 0 unspecified atom stereocenters. The molecular formula is C13H17BrN2. The van der Waals surface area contributed by atoms with E-state index >= 15 is 0 Å². The fourth-order valence-electron chi connectivity index (χ4n) is 2.35. The molecule has 3 rings (SSSR count). The standard InChI is InChI=1S/C13H17BrN2/c14-12-7-11(10-1-2-10)8-13(9-12)16-5-3-15-4-6-16/h7-10,15H,1-6H2. The first-order valence-corrected chi connectivity index (χ1v) is 6.88. The molecule has 0 radical (unpaired) electrons. The molecule has 86 valence electrons. The second-order valence-corrected chi connectivity index (χ2v) is 5.67. The highest BCUT2D eigenvalue weighted by Crippen LogP contribution is 2.42. The third-order valence-electron chi connectivity index (χ3n) is 3.44. The number of rotatable bonds is 2. The van der Waals surface area contributed by atoms with E-state index in [1.807, 2.05) is 0 Å². The van der Waals surface area contributed by atoms with Crippen LogP contribution in [0.5, 0.6) is 0 Å². The molecule has 1 saturated carbocycles. The zero-order valence-electron chi connectivity index (χ0n) is 9.38. The minimum Gasteiger partial charge on any atom is -0.369 e. The first-order valence-electron chi connectivity index (χ1n) is 6.09. The van der Waals surface area contributed by atoms with E-state index < -0.39 is 0 Å². The summed E-state index contributed by atoms with van der Waals surface area (Å²) in [5.41, 5.74) is 2.90. The number of anilines is 1. The molecule has 1 aliphatic heterocycles. The molecule has 1 aromatic carbocycles. The van der Waals surface area contributed by atoms with E-state index in [4.69, 9.17) is 0 Å². The van der Waals surface area contributed by atoms with E-state index in [9.17, 15) is 0 Å². The third kappa shape index (κ3) is 2.25. The SMILES string of the molecule is Brc1cc(C2CC2)cc(N2CCNCC2)c1. The summed E-state index contributed by atoms with van der Waals surface area (Å²) < 4.78 is 1.23. The Bertz CT molecular complexity index is 382. The van der Waals surface area contributed by atoms with Gasteiger partial charge in [-0.05, 0) is 42.5 Å². The van der Waals surface area contributed by atoms with Crippen molar-refractivity contribution in [2.24, 2.45) is 0 Å². The number of hydrogen-bond acceptors (Lipinski definition) is 2. The Hall–Kier alpha value is -0.540. The summed E-state index contributed by atoms with van der Waals surface area (Å²) in [5, 5.41) is 3.40. The molecule has 1 aromatic rings. The van der Waals surface area contributed by atoms with Crippen LogP contribution >= 0.6 is 15.9 Å². The van der Waals surface area contributed by atoms with Crippen LogP contribution in [0, 0.1) is 0 Å². The second-order valence-electron chi connectivity index (χ2n) is 4.75. The van der Waals surface area contributed by atoms with Crippen molar-refractivity contribution in [2.45, 2.75) is 18.8 Å². The van der Waals surface area contributed by atoms with Gasteiger partial charge in [-0.2, -0.15) is 0 Å². The van der Waals surface area contributed by atoms with Crippen LogP contribution in [0.3, 0.4) is 0 Å². The average Bonchev–Trinajstić information content (AvgIpc) is 3.13. The van der Waals surface area contributed by atoms with Gasteiger partial charge in [0.25, 0.3) is 0 Å². The van der Waals surface area contributed by atoms with Crippen molar-refractivity contribution in [3.63, 3.8) is 0 Å². The van der Waals surface area contributed by atoms with Gasteiger partial charge in [0, 0.05) is 36.3 Å². The maximum absolute atomic E-state index is 3.63. The lowest BCUT2D eigenvalue weighted by molar-refractivity contribution is 0.589. The Kier molecular flexibility index (Phi) is 2.90. The summed E-state index contributed by atoms with van der Waals surface area (Å²) in [6.07, 6.45) is 2.74. The van der Waals surface area contributed by atoms with Crippen LogP contribution in [0.25, 0.3) is 0 Å². The van der Waals surface area contributed by atoms with Gasteiger partial charge in [-0.15, -0.1) is 0 Å². The van der Waals surface area contributed by atoms with Gasteiger partial charge in [0.2, 0.25) is 0 Å². The topological polar surface area (TPSA) is 15.3 Å². The molecule has 2 aliphatic rings. The smallest absolute Gasteiger partial charge is 0.0381 e. The highest BCUT2D eigenvalue weighted by molar-refractivity contribution is 9.10. The zero-order valence-corrected chi connectivity index (χ0v) is 11.0. The van der Waals surface area contributed by atoms with Gasteiger partial charge in [0.1, 0.15) is 0 Å². The van der Waals surface area contributed by atoms with Crippen LogP contribution in [-0.2, 0) is 0 Å². The maximum Gasteiger partial charge on any atom is 0.0381 e. The third-order valence-corrected chi connectivity index (χ3v) is 3.89. The minimum atomic E-state index is 0.833. The lowest BCUT2D eigenvalue weighted by Crippen LogP contribution is -2.43. The summed E-state index contributed by atoms with van der Waals surface area (Å²) >= 11 is 3.63. The first kappa shape index (κ1) is 10.6. The summed E-state index contributed by atoms with van der Waals surface area (Å²) in [4.78, 5) is 2.48. The predicted octanol–water partition coefficient (Wildman–Crippen LogP) is 2.74. The van der Waals surface area contributed by atoms with Gasteiger partial charge in [-0.3, -0.25) is 0 Å². The normalized spacial score (nSPS) is 21.2. The van der Waals surface area contributed by atoms with Crippen molar-refractivity contribution in [3.05, 3.63) is 28.2 Å². The quantitative estimate of drug-likeness (QED) is 0.896. The molecule has 1 heterocycles. The van der Waals surface area contributed by atoms with Gasteiger partial charge < -0.3 is 10.2 Å². The number of nitrogens with one attached hydrogen (secondary N) is 1. The van der Waals surface area contributed by atoms with Crippen molar-refractivity contribution < 1.29 is 0 Å². The number of piperazine rings is 1. The van der Waals surface area contributed by atoms with E-state index in [-0.39, 0.29) is 0 Å². The molecule has 0 amide bonds. The Labute approximate surface area is 105 Å². The van der Waals surface area contributed by atoms with Crippen LogP contribution in [0.4, 0.5) is 5.69 Å². The van der Waals surface area contributed by atoms with E-state index in [1.165, 1.54) is 28.6 Å². The first-order chi connectivity index (χ1) is 7.83. The summed E-state index contributed by atoms with van der Waals surface area (Å²) in [6.45, 7) is 4.46. The van der Waals surface area contributed by atoms with E-state index in [1.54, 1.807) is 0 Å². The Morgan fingerprint density at radius 1 is 1.12 bits per heavy atom. The summed E-state index contributed by atoms with van der Waals surface area (Å²) in [7, 11) is 0. The molecule has 0 bridgehead atoms. The van der Waals surface area contributed by atoms with Gasteiger partial charge in [0.05, 0.1) is 0 Å². The zero-order chi connectivity index (χ0) is 11.0. The predicted molar refractivity (Wildman–Crippen MR) is 71.2 cm³/mol. The van der Waals surface area contributed by atoms with Crippen molar-refractivity contribution >= 4 is 21.6 Å². The number of halogens is 1. The van der Waals surface area contributed by atoms with Gasteiger partial charge in [0.15, 0.2) is 0 Å². The molecule has 0 spiro atoms. The van der Waals surface area contributed by atoms with Crippen LogP contribution < -0.4 is 10.2 Å². The fraction of sp³-hybridized carbons (Fsp3) is 0.538. The summed E-state index contributed by atoms with van der Waals surface area (Å²) in [5.74, 6) is 0.833. The van der Waals surface area contributed by atoms with Crippen LogP contribution in [-0.4, -0.2) is 26.2 Å². The molecule has 1 aliphatic carbocycles. The Morgan fingerprint density at radius 2 is 1.88 bits per heavy atom. The molecule has 1 saturated heterocycles. The lowest BCUT2D eigenvalue weighted by Gasteiger charge is -2.30. The molecular weight excluding hydrogens is 264 g/mol. The van der Waals surface area contributed by atoms with Gasteiger partial charge in [-0.1, -0.05) is 15.9 Å². The van der Waals surface area contributed by atoms with Crippen LogP contribution in [0.15, 0.2) is 22.7 Å². The van der Waals surface area contributed by atoms with E-state index in [0.29, 0.717) is 0 Å². The molecule has 2 nitrogen and oxygen atoms in total. The van der Waals surface area contributed by atoms with Gasteiger partial charge >= 0.3 is 0 Å². The Balaban J connectivity index is 1.86. The number of nitrogens with zero attached hydrogens (tertiary/aromatic N) is 1. The van der Waals surface area contributed by atoms with Crippen molar-refractivity contribution in [3.8, 4) is 0 Å². The molecule has 2 fully saturated rings. The molecule has 16 heavy (non-hydrogen) atoms. The number of hydrogen-bond donors (Lipinski definition) is 1.